The van der Waals surface area contributed by atoms with E-state index in [1.165, 1.54) is 13.8 Å². The predicted octanol–water partition coefficient (Wildman–Crippen LogP) is 1.38. The van der Waals surface area contributed by atoms with Gasteiger partial charge in [0.25, 0.3) is 5.92 Å². The lowest BCUT2D eigenvalue weighted by Crippen LogP contribution is -2.37. The topological polar surface area (TPSA) is 26.0 Å². The van der Waals surface area contributed by atoms with Crippen molar-refractivity contribution < 1.29 is 8.78 Å². The highest BCUT2D eigenvalue weighted by Crippen LogP contribution is 2.20. The molecule has 0 saturated heterocycles. The van der Waals surface area contributed by atoms with Gasteiger partial charge in [0, 0.05) is 6.42 Å². The van der Waals surface area contributed by atoms with E-state index in [1.54, 1.807) is 0 Å². The van der Waals surface area contributed by atoms with Crippen LogP contribution in [0.5, 0.6) is 0 Å². The summed E-state index contributed by atoms with van der Waals surface area (Å²) in [6.45, 7) is 2.73. The molecule has 2 N–H and O–H groups in total. The Morgan fingerprint density at radius 1 is 1.62 bits per heavy atom. The molecule has 1 atom stereocenters. The molecule has 0 bridgehead atoms. The first-order valence-corrected chi connectivity index (χ1v) is 2.64. The first kappa shape index (κ1) is 7.82. The van der Waals surface area contributed by atoms with Crippen molar-refractivity contribution in [3.8, 4) is 0 Å². The molecule has 0 aliphatic carbocycles. The number of rotatable bonds is 2. The minimum atomic E-state index is -2.68. The van der Waals surface area contributed by atoms with Gasteiger partial charge < -0.3 is 5.73 Å². The van der Waals surface area contributed by atoms with Crippen LogP contribution in [-0.4, -0.2) is 12.0 Å². The van der Waals surface area contributed by atoms with Gasteiger partial charge in [-0.05, 0) is 6.92 Å². The zero-order valence-electron chi connectivity index (χ0n) is 5.12. The van der Waals surface area contributed by atoms with Crippen molar-refractivity contribution in [1.82, 2.24) is 0 Å². The van der Waals surface area contributed by atoms with Crippen molar-refractivity contribution in [1.29, 1.82) is 0 Å². The molecule has 0 radical (unpaired) electrons. The van der Waals surface area contributed by atoms with Crippen molar-refractivity contribution in [2.24, 2.45) is 5.73 Å². The highest BCUT2D eigenvalue weighted by atomic mass is 19.3. The fourth-order valence-electron chi connectivity index (χ4n) is 0.322. The summed E-state index contributed by atoms with van der Waals surface area (Å²) in [7, 11) is 0. The van der Waals surface area contributed by atoms with Crippen LogP contribution < -0.4 is 5.73 Å². The lowest BCUT2D eigenvalue weighted by molar-refractivity contribution is -0.0231. The zero-order valence-corrected chi connectivity index (χ0v) is 5.12. The van der Waals surface area contributed by atoms with E-state index in [1.807, 2.05) is 0 Å². The maximum absolute atomic E-state index is 12.2. The van der Waals surface area contributed by atoms with Gasteiger partial charge >= 0.3 is 0 Å². The number of hydrogen-bond acceptors (Lipinski definition) is 1. The second-order valence-corrected chi connectivity index (χ2v) is 1.90. The first-order chi connectivity index (χ1) is 3.50. The molecule has 0 aliphatic rings. The summed E-state index contributed by atoms with van der Waals surface area (Å²) < 4.78 is 24.3. The highest BCUT2D eigenvalue weighted by Gasteiger charge is 2.30. The van der Waals surface area contributed by atoms with E-state index >= 15 is 0 Å². The molecule has 0 spiro atoms. The fraction of sp³-hybridized carbons (Fsp3) is 1.00. The molecule has 0 unspecified atom stereocenters. The van der Waals surface area contributed by atoms with Crippen LogP contribution in [-0.2, 0) is 0 Å². The Morgan fingerprint density at radius 3 is 2.00 bits per heavy atom. The van der Waals surface area contributed by atoms with Crippen LogP contribution in [0.3, 0.4) is 0 Å². The van der Waals surface area contributed by atoms with Crippen LogP contribution in [0.25, 0.3) is 0 Å². The van der Waals surface area contributed by atoms with Crippen molar-refractivity contribution in [3.05, 3.63) is 0 Å². The maximum atomic E-state index is 12.2. The fourth-order valence-corrected chi connectivity index (χ4v) is 0.322. The Hall–Kier alpha value is -0.180. The molecule has 0 heterocycles. The van der Waals surface area contributed by atoms with Gasteiger partial charge in [-0.2, -0.15) is 0 Å². The maximum Gasteiger partial charge on any atom is 0.262 e. The Kier molecular flexibility index (Phi) is 2.34. The Morgan fingerprint density at radius 2 is 2.00 bits per heavy atom. The molecule has 0 saturated carbocycles. The summed E-state index contributed by atoms with van der Waals surface area (Å²) >= 11 is 0. The van der Waals surface area contributed by atoms with E-state index in [9.17, 15) is 8.78 Å². The van der Waals surface area contributed by atoms with Gasteiger partial charge in [-0.25, -0.2) is 8.78 Å². The Labute approximate surface area is 47.9 Å². The highest BCUT2D eigenvalue weighted by molar-refractivity contribution is 4.73. The Bertz CT molecular complexity index is 70.8. The van der Waals surface area contributed by atoms with Gasteiger partial charge in [-0.15, -0.1) is 0 Å². The van der Waals surface area contributed by atoms with Gasteiger partial charge in [0.1, 0.15) is 0 Å². The molecular weight excluding hydrogens is 112 g/mol. The van der Waals surface area contributed by atoms with Crippen LogP contribution >= 0.6 is 0 Å². The molecule has 0 aromatic heterocycles. The van der Waals surface area contributed by atoms with Crippen LogP contribution in [0.4, 0.5) is 8.78 Å². The minimum absolute atomic E-state index is 0.176. The van der Waals surface area contributed by atoms with Crippen molar-refractivity contribution in [2.45, 2.75) is 32.2 Å². The van der Waals surface area contributed by atoms with Crippen molar-refractivity contribution >= 4 is 0 Å². The van der Waals surface area contributed by atoms with Crippen LogP contribution in [0, 0.1) is 0 Å². The third-order valence-corrected chi connectivity index (χ3v) is 1.14. The lowest BCUT2D eigenvalue weighted by atomic mass is 10.1. The van der Waals surface area contributed by atoms with E-state index in [2.05, 4.69) is 0 Å². The first-order valence-electron chi connectivity index (χ1n) is 2.64. The number of nitrogens with two attached hydrogens (primary N) is 1. The van der Waals surface area contributed by atoms with E-state index in [4.69, 9.17) is 5.73 Å². The van der Waals surface area contributed by atoms with Crippen molar-refractivity contribution in [3.63, 3.8) is 0 Å². The standard InChI is InChI=1S/C5H11F2N/c1-3-5(6,7)4(2)8/h4H,3,8H2,1-2H3/t4-/m0/s1. The summed E-state index contributed by atoms with van der Waals surface area (Å²) in [6, 6.07) is -1.02. The van der Waals surface area contributed by atoms with Crippen molar-refractivity contribution in [2.75, 3.05) is 0 Å². The second kappa shape index (κ2) is 2.40. The van der Waals surface area contributed by atoms with E-state index in [0.717, 1.165) is 0 Å². The predicted molar refractivity (Wildman–Crippen MR) is 28.9 cm³/mol. The third kappa shape index (κ3) is 1.74. The van der Waals surface area contributed by atoms with E-state index < -0.39 is 12.0 Å². The zero-order chi connectivity index (χ0) is 6.78. The SMILES string of the molecule is CCC(F)(F)[C@H](C)N. The largest absolute Gasteiger partial charge is 0.323 e. The Balaban J connectivity index is 3.71. The van der Waals surface area contributed by atoms with Gasteiger partial charge in [0.15, 0.2) is 0 Å². The molecule has 50 valence electrons. The third-order valence-electron chi connectivity index (χ3n) is 1.14. The van der Waals surface area contributed by atoms with Gasteiger partial charge in [0.05, 0.1) is 6.04 Å². The smallest absolute Gasteiger partial charge is 0.262 e. The second-order valence-electron chi connectivity index (χ2n) is 1.90. The molecule has 0 aliphatic heterocycles. The monoisotopic (exact) mass is 123 g/mol. The lowest BCUT2D eigenvalue weighted by Gasteiger charge is -2.17. The molecular formula is C5H11F2N. The quantitative estimate of drug-likeness (QED) is 0.589. The molecule has 0 aromatic carbocycles. The minimum Gasteiger partial charge on any atom is -0.323 e. The normalized spacial score (nSPS) is 16.1. The summed E-state index contributed by atoms with van der Waals surface area (Å²) in [6.07, 6.45) is -0.176. The number of halogens is 2. The molecule has 1 nitrogen and oxygen atoms in total. The number of hydrogen-bond donors (Lipinski definition) is 1. The molecule has 0 rings (SSSR count). The summed E-state index contributed by atoms with van der Waals surface area (Å²) in [4.78, 5) is 0. The average Bonchev–Trinajstić information content (AvgIpc) is 1.67. The van der Waals surface area contributed by atoms with Gasteiger partial charge in [-0.3, -0.25) is 0 Å². The summed E-state index contributed by atoms with van der Waals surface area (Å²) in [5.41, 5.74) is 4.93. The summed E-state index contributed by atoms with van der Waals surface area (Å²) in [5.74, 6) is -2.68. The number of alkyl halides is 2. The molecule has 0 aromatic rings. The van der Waals surface area contributed by atoms with Gasteiger partial charge in [0.2, 0.25) is 0 Å². The molecule has 0 fully saturated rings. The average molecular weight is 123 g/mol. The molecule has 8 heavy (non-hydrogen) atoms. The van der Waals surface area contributed by atoms with Gasteiger partial charge in [-0.1, -0.05) is 6.92 Å². The summed E-state index contributed by atoms with van der Waals surface area (Å²) in [5, 5.41) is 0. The molecule has 3 heteroatoms. The van der Waals surface area contributed by atoms with Crippen LogP contribution in [0.2, 0.25) is 0 Å². The van der Waals surface area contributed by atoms with Crippen LogP contribution in [0.15, 0.2) is 0 Å². The van der Waals surface area contributed by atoms with E-state index in [-0.39, 0.29) is 6.42 Å². The van der Waals surface area contributed by atoms with E-state index in [0.29, 0.717) is 0 Å². The van der Waals surface area contributed by atoms with Crippen LogP contribution in [0.1, 0.15) is 20.3 Å². The molecule has 0 amide bonds.